The predicted molar refractivity (Wildman–Crippen MR) is 70.4 cm³/mol. The second kappa shape index (κ2) is 7.05. The minimum Gasteiger partial charge on any atom is -0.341 e. The van der Waals surface area contributed by atoms with Gasteiger partial charge in [0.2, 0.25) is 5.91 Å². The maximum Gasteiger partial charge on any atom is 0.321 e. The van der Waals surface area contributed by atoms with Crippen LogP contribution in [0.15, 0.2) is 17.6 Å². The third kappa shape index (κ3) is 4.06. The van der Waals surface area contributed by atoms with Crippen molar-refractivity contribution < 1.29 is 9.59 Å². The van der Waals surface area contributed by atoms with Crippen molar-refractivity contribution >= 4 is 23.7 Å². The van der Waals surface area contributed by atoms with E-state index in [-0.39, 0.29) is 11.2 Å². The Morgan fingerprint density at radius 3 is 2.89 bits per heavy atom. The summed E-state index contributed by atoms with van der Waals surface area (Å²) in [7, 11) is 1.47. The number of nitrogens with zero attached hydrogens (tertiary/aromatic N) is 2. The minimum atomic E-state index is -0.496. The lowest BCUT2D eigenvalue weighted by Gasteiger charge is -2.11. The number of amides is 3. The van der Waals surface area contributed by atoms with Crippen molar-refractivity contribution in [3.63, 3.8) is 0 Å². The van der Waals surface area contributed by atoms with Crippen LogP contribution in [0.4, 0.5) is 4.79 Å². The lowest BCUT2D eigenvalue weighted by Crippen LogP contribution is -2.41. The monoisotopic (exact) mass is 270 g/mol. The van der Waals surface area contributed by atoms with Crippen molar-refractivity contribution in [3.8, 4) is 0 Å². The number of imidazole rings is 1. The van der Waals surface area contributed by atoms with Crippen molar-refractivity contribution in [2.24, 2.45) is 0 Å². The average molecular weight is 270 g/mol. The van der Waals surface area contributed by atoms with Gasteiger partial charge in [0.25, 0.3) is 0 Å². The van der Waals surface area contributed by atoms with Gasteiger partial charge in [0.1, 0.15) is 0 Å². The molecule has 0 aliphatic carbocycles. The number of hydrogen-bond acceptors (Lipinski definition) is 4. The summed E-state index contributed by atoms with van der Waals surface area (Å²) in [6.45, 7) is 4.69. The molecule has 100 valence electrons. The number of rotatable bonds is 5. The van der Waals surface area contributed by atoms with Crippen LogP contribution in [0.3, 0.4) is 0 Å². The summed E-state index contributed by atoms with van der Waals surface area (Å²) in [6.07, 6.45) is 4.60. The maximum atomic E-state index is 11.7. The van der Waals surface area contributed by atoms with E-state index in [1.54, 1.807) is 13.1 Å². The first kappa shape index (κ1) is 14.6. The largest absolute Gasteiger partial charge is 0.341 e. The molecular weight excluding hydrogens is 252 g/mol. The van der Waals surface area contributed by atoms with E-state index in [0.29, 0.717) is 0 Å². The van der Waals surface area contributed by atoms with Gasteiger partial charge >= 0.3 is 6.03 Å². The number of aryl methyl sites for hydroxylation is 1. The van der Waals surface area contributed by atoms with Crippen LogP contribution in [-0.2, 0) is 11.3 Å². The lowest BCUT2D eigenvalue weighted by atomic mass is 10.4. The van der Waals surface area contributed by atoms with Crippen LogP contribution in [0.25, 0.3) is 0 Å². The summed E-state index contributed by atoms with van der Waals surface area (Å²) in [5, 5.41) is 5.00. The highest BCUT2D eigenvalue weighted by molar-refractivity contribution is 8.00. The van der Waals surface area contributed by atoms with Gasteiger partial charge in [-0.1, -0.05) is 18.7 Å². The third-order valence-corrected chi connectivity index (χ3v) is 3.38. The molecule has 18 heavy (non-hydrogen) atoms. The molecule has 0 spiro atoms. The Bertz CT molecular complexity index is 419. The summed E-state index contributed by atoms with van der Waals surface area (Å²) in [5.41, 5.74) is 0. The summed E-state index contributed by atoms with van der Waals surface area (Å²) >= 11 is 1.34. The molecule has 6 nitrogen and oxygen atoms in total. The molecule has 1 aromatic heterocycles. The summed E-state index contributed by atoms with van der Waals surface area (Å²) in [5.74, 6) is -0.328. The van der Waals surface area contributed by atoms with E-state index in [2.05, 4.69) is 22.5 Å². The highest BCUT2D eigenvalue weighted by atomic mass is 32.2. The van der Waals surface area contributed by atoms with E-state index in [4.69, 9.17) is 0 Å². The van der Waals surface area contributed by atoms with Gasteiger partial charge in [-0.25, -0.2) is 9.78 Å². The Morgan fingerprint density at radius 2 is 2.28 bits per heavy atom. The van der Waals surface area contributed by atoms with Crippen LogP contribution >= 0.6 is 11.8 Å². The van der Waals surface area contributed by atoms with E-state index >= 15 is 0 Å². The Labute approximate surface area is 111 Å². The Kier molecular flexibility index (Phi) is 5.70. The van der Waals surface area contributed by atoms with Crippen LogP contribution in [-0.4, -0.2) is 33.8 Å². The van der Waals surface area contributed by atoms with E-state index in [9.17, 15) is 9.59 Å². The highest BCUT2D eigenvalue weighted by Gasteiger charge is 2.18. The second-order valence-corrected chi connectivity index (χ2v) is 5.04. The molecule has 1 atom stereocenters. The fraction of sp³-hybridized carbons (Fsp3) is 0.545. The zero-order valence-corrected chi connectivity index (χ0v) is 11.6. The van der Waals surface area contributed by atoms with Gasteiger partial charge in [-0.05, 0) is 13.3 Å². The average Bonchev–Trinajstić information content (AvgIpc) is 2.77. The fourth-order valence-electron chi connectivity index (χ4n) is 1.31. The molecule has 1 heterocycles. The van der Waals surface area contributed by atoms with Crippen molar-refractivity contribution in [3.05, 3.63) is 12.4 Å². The van der Waals surface area contributed by atoms with Crippen molar-refractivity contribution in [2.75, 3.05) is 7.05 Å². The molecule has 2 N–H and O–H groups in total. The smallest absolute Gasteiger partial charge is 0.321 e. The van der Waals surface area contributed by atoms with Crippen molar-refractivity contribution in [1.29, 1.82) is 0 Å². The van der Waals surface area contributed by atoms with E-state index in [0.717, 1.165) is 18.1 Å². The number of aromatic nitrogens is 2. The summed E-state index contributed by atoms with van der Waals surface area (Å²) in [6, 6.07) is -0.496. The van der Waals surface area contributed by atoms with Crippen LogP contribution < -0.4 is 10.6 Å². The van der Waals surface area contributed by atoms with Crippen molar-refractivity contribution in [1.82, 2.24) is 20.2 Å². The third-order valence-electron chi connectivity index (χ3n) is 2.26. The van der Waals surface area contributed by atoms with Gasteiger partial charge in [0.15, 0.2) is 5.16 Å². The Balaban J connectivity index is 2.58. The zero-order valence-electron chi connectivity index (χ0n) is 10.8. The number of hydrogen-bond donors (Lipinski definition) is 2. The Hall–Kier alpha value is -1.50. The number of urea groups is 1. The molecule has 1 aromatic rings. The molecule has 0 saturated carbocycles. The zero-order chi connectivity index (χ0) is 13.5. The first-order chi connectivity index (χ1) is 8.58. The van der Waals surface area contributed by atoms with Crippen molar-refractivity contribution in [2.45, 2.75) is 37.2 Å². The molecule has 0 fully saturated rings. The molecule has 3 amide bonds. The molecule has 1 rings (SSSR count). The van der Waals surface area contributed by atoms with Crippen LogP contribution in [0.2, 0.25) is 0 Å². The summed E-state index contributed by atoms with van der Waals surface area (Å²) < 4.78 is 1.99. The number of thioether (sulfide) groups is 1. The maximum absolute atomic E-state index is 11.7. The number of carbonyl (C=O) groups excluding carboxylic acids is 2. The summed E-state index contributed by atoms with van der Waals surface area (Å²) in [4.78, 5) is 26.9. The molecule has 0 aromatic carbocycles. The number of nitrogens with one attached hydrogen (secondary N) is 2. The van der Waals surface area contributed by atoms with E-state index < -0.39 is 6.03 Å². The normalized spacial score (nSPS) is 11.9. The van der Waals surface area contributed by atoms with Gasteiger partial charge in [0, 0.05) is 26.0 Å². The van der Waals surface area contributed by atoms with Crippen LogP contribution in [0.5, 0.6) is 0 Å². The molecule has 0 bridgehead atoms. The lowest BCUT2D eigenvalue weighted by molar-refractivity contribution is -0.119. The molecule has 7 heteroatoms. The van der Waals surface area contributed by atoms with Gasteiger partial charge in [-0.3, -0.25) is 10.1 Å². The van der Waals surface area contributed by atoms with Crippen LogP contribution in [0, 0.1) is 0 Å². The SMILES string of the molecule is CCCn1ccnc1SC(C)C(=O)NC(=O)NC. The quantitative estimate of drug-likeness (QED) is 0.789. The molecule has 0 saturated heterocycles. The minimum absolute atomic E-state index is 0.328. The molecule has 0 aliphatic rings. The van der Waals surface area contributed by atoms with Crippen LogP contribution in [0.1, 0.15) is 20.3 Å². The molecular formula is C11H18N4O2S. The second-order valence-electron chi connectivity index (χ2n) is 3.73. The molecule has 1 unspecified atom stereocenters. The first-order valence-corrected chi connectivity index (χ1v) is 6.66. The highest BCUT2D eigenvalue weighted by Crippen LogP contribution is 2.21. The van der Waals surface area contributed by atoms with Gasteiger partial charge in [-0.15, -0.1) is 0 Å². The van der Waals surface area contributed by atoms with E-state index in [1.807, 2.05) is 10.8 Å². The fourth-order valence-corrected chi connectivity index (χ4v) is 2.20. The first-order valence-electron chi connectivity index (χ1n) is 5.78. The molecule has 0 aliphatic heterocycles. The topological polar surface area (TPSA) is 76.0 Å². The predicted octanol–water partition coefficient (Wildman–Crippen LogP) is 1.23. The number of imide groups is 1. The number of carbonyl (C=O) groups is 2. The van der Waals surface area contributed by atoms with Gasteiger partial charge in [0.05, 0.1) is 5.25 Å². The van der Waals surface area contributed by atoms with E-state index in [1.165, 1.54) is 18.8 Å². The standard InChI is InChI=1S/C11H18N4O2S/c1-4-6-15-7-5-13-11(15)18-8(2)9(16)14-10(17)12-3/h5,7-8H,4,6H2,1-3H3,(H2,12,14,16,17). The van der Waals surface area contributed by atoms with Gasteiger partial charge in [-0.2, -0.15) is 0 Å². The van der Waals surface area contributed by atoms with Gasteiger partial charge < -0.3 is 9.88 Å². The molecule has 0 radical (unpaired) electrons. The Morgan fingerprint density at radius 1 is 1.56 bits per heavy atom.